The number of ether oxygens (including phenoxy) is 4. The number of methoxy groups -OCH3 is 1. The van der Waals surface area contributed by atoms with Crippen LogP contribution >= 0.6 is 11.3 Å². The van der Waals surface area contributed by atoms with E-state index < -0.39 is 18.9 Å². The van der Waals surface area contributed by atoms with Gasteiger partial charge in [0, 0.05) is 5.56 Å². The van der Waals surface area contributed by atoms with E-state index in [1.165, 1.54) is 29.5 Å². The minimum Gasteiger partial charge on any atom is -0.497 e. The van der Waals surface area contributed by atoms with Crippen molar-refractivity contribution >= 4 is 17.3 Å². The third-order valence-corrected chi connectivity index (χ3v) is 6.30. The summed E-state index contributed by atoms with van der Waals surface area (Å²) >= 11 is 1.29. The number of nitrogens with zero attached hydrogens (tertiary/aromatic N) is 1. The second-order valence-corrected chi connectivity index (χ2v) is 9.07. The molecule has 0 aliphatic heterocycles. The van der Waals surface area contributed by atoms with Crippen LogP contribution < -0.4 is 18.9 Å². The monoisotopic (exact) mass is 545 g/mol. The van der Waals surface area contributed by atoms with Crippen molar-refractivity contribution in [3.8, 4) is 44.7 Å². The number of aromatic nitrogens is 1. The molecule has 0 fully saturated rings. The molecule has 38 heavy (non-hydrogen) atoms. The zero-order valence-electron chi connectivity index (χ0n) is 20.2. The molecule has 1 N–H and O–H groups in total. The van der Waals surface area contributed by atoms with E-state index in [0.29, 0.717) is 44.0 Å². The molecule has 3 aromatic carbocycles. The second-order valence-electron chi connectivity index (χ2n) is 7.99. The highest BCUT2D eigenvalue weighted by Gasteiger charge is 2.31. The van der Waals surface area contributed by atoms with Gasteiger partial charge in [-0.3, -0.25) is 0 Å². The Bertz CT molecular complexity index is 1420. The molecule has 1 aromatic heterocycles. The third kappa shape index (κ3) is 6.94. The molecule has 0 aliphatic carbocycles. The Morgan fingerprint density at radius 3 is 2.34 bits per heavy atom. The van der Waals surface area contributed by atoms with E-state index >= 15 is 0 Å². The number of carboxylic acids is 1. The normalized spacial score (nSPS) is 11.2. The van der Waals surface area contributed by atoms with Gasteiger partial charge in [-0.25, -0.2) is 9.78 Å². The van der Waals surface area contributed by atoms with Crippen LogP contribution in [0.3, 0.4) is 0 Å². The summed E-state index contributed by atoms with van der Waals surface area (Å²) in [5, 5.41) is 9.39. The Hall–Kier alpha value is -4.25. The lowest BCUT2D eigenvalue weighted by Crippen LogP contribution is -2.17. The Labute approximate surface area is 220 Å². The average molecular weight is 546 g/mol. The van der Waals surface area contributed by atoms with Crippen LogP contribution in [0.5, 0.6) is 23.0 Å². The lowest BCUT2D eigenvalue weighted by Gasteiger charge is -2.10. The van der Waals surface area contributed by atoms with Gasteiger partial charge in [0.2, 0.25) is 0 Å². The summed E-state index contributed by atoms with van der Waals surface area (Å²) in [5.41, 5.74) is 2.54. The van der Waals surface area contributed by atoms with Crippen LogP contribution in [0.15, 0.2) is 66.7 Å². The predicted octanol–water partition coefficient (Wildman–Crippen LogP) is 6.74. The summed E-state index contributed by atoms with van der Waals surface area (Å²) in [6.45, 7) is 1.41. The molecule has 7 nitrogen and oxygen atoms in total. The number of thiazole rings is 1. The highest BCUT2D eigenvalue weighted by atomic mass is 32.1. The van der Waals surface area contributed by atoms with Gasteiger partial charge in [0.25, 0.3) is 0 Å². The molecule has 0 spiro atoms. The number of benzene rings is 3. The predicted molar refractivity (Wildman–Crippen MR) is 135 cm³/mol. The van der Waals surface area contributed by atoms with E-state index in [0.717, 1.165) is 5.56 Å². The Balaban J connectivity index is 1.62. The average Bonchev–Trinajstić information content (AvgIpc) is 3.30. The number of hydrogen-bond acceptors (Lipinski definition) is 7. The molecule has 1 heterocycles. The Kier molecular flexibility index (Phi) is 8.06. The smallest absolute Gasteiger partial charge is 0.497 e. The van der Waals surface area contributed by atoms with Gasteiger partial charge in [0.1, 0.15) is 34.6 Å². The van der Waals surface area contributed by atoms with Gasteiger partial charge in [-0.15, -0.1) is 24.5 Å². The topological polar surface area (TPSA) is 87.1 Å². The first-order valence-electron chi connectivity index (χ1n) is 11.2. The number of carboxylic acid groups (broad SMARTS) is 1. The molecular formula is C27H22F3NO6S. The van der Waals surface area contributed by atoms with Crippen molar-refractivity contribution in [2.75, 3.05) is 13.7 Å². The highest BCUT2D eigenvalue weighted by molar-refractivity contribution is 7.15. The molecule has 4 rings (SSSR count). The fourth-order valence-electron chi connectivity index (χ4n) is 3.56. The summed E-state index contributed by atoms with van der Waals surface area (Å²) in [6.07, 6.45) is -4.81. The van der Waals surface area contributed by atoms with Gasteiger partial charge in [-0.2, -0.15) is 0 Å². The molecule has 0 saturated carbocycles. The van der Waals surface area contributed by atoms with Crippen LogP contribution in [0.2, 0.25) is 0 Å². The van der Waals surface area contributed by atoms with Crippen molar-refractivity contribution in [3.63, 3.8) is 0 Å². The van der Waals surface area contributed by atoms with Gasteiger partial charge in [0.15, 0.2) is 6.61 Å². The van der Waals surface area contributed by atoms with E-state index in [1.54, 1.807) is 50.4 Å². The first-order chi connectivity index (χ1) is 18.1. The molecule has 0 atom stereocenters. The van der Waals surface area contributed by atoms with Gasteiger partial charge >= 0.3 is 12.3 Å². The van der Waals surface area contributed by atoms with E-state index in [9.17, 15) is 18.0 Å². The molecule has 0 saturated heterocycles. The number of hydrogen-bond donors (Lipinski definition) is 1. The first kappa shape index (κ1) is 26.8. The SMILES string of the molecule is COc1ccc(-c2nc(COc3ccc(OCC(=O)O)c(C)c3)sc2-c2cccc(OC(F)(F)F)c2)cc1. The molecule has 198 valence electrons. The number of halogens is 3. The molecule has 0 amide bonds. The summed E-state index contributed by atoms with van der Waals surface area (Å²) in [4.78, 5) is 16.1. The lowest BCUT2D eigenvalue weighted by atomic mass is 10.1. The van der Waals surface area contributed by atoms with Gasteiger partial charge < -0.3 is 24.1 Å². The van der Waals surface area contributed by atoms with Gasteiger partial charge in [-0.05, 0) is 72.6 Å². The van der Waals surface area contributed by atoms with E-state index in [1.807, 2.05) is 12.1 Å². The molecule has 0 radical (unpaired) electrons. The summed E-state index contributed by atoms with van der Waals surface area (Å²) < 4.78 is 58.8. The Morgan fingerprint density at radius 2 is 1.68 bits per heavy atom. The molecule has 0 aliphatic rings. The van der Waals surface area contributed by atoms with E-state index in [4.69, 9.17) is 24.3 Å². The maximum Gasteiger partial charge on any atom is 0.573 e. The number of carbonyl (C=O) groups is 1. The standard InChI is InChI=1S/C27H22F3NO6S/c1-16-12-20(10-11-22(16)36-15-24(32)33)35-14-23-31-25(17-6-8-19(34-2)9-7-17)26(38-23)18-4-3-5-21(13-18)37-27(28,29)30/h3-13H,14-15H2,1-2H3,(H,32,33). The highest BCUT2D eigenvalue weighted by Crippen LogP contribution is 2.39. The van der Waals surface area contributed by atoms with E-state index in [2.05, 4.69) is 4.74 Å². The largest absolute Gasteiger partial charge is 0.573 e. The summed E-state index contributed by atoms with van der Waals surface area (Å²) in [7, 11) is 1.55. The van der Waals surface area contributed by atoms with Crippen LogP contribution in [-0.2, 0) is 11.4 Å². The van der Waals surface area contributed by atoms with Crippen LogP contribution in [0.4, 0.5) is 13.2 Å². The fourth-order valence-corrected chi connectivity index (χ4v) is 4.55. The van der Waals surface area contributed by atoms with Gasteiger partial charge in [0.05, 0.1) is 17.7 Å². The maximum absolute atomic E-state index is 12.8. The minimum atomic E-state index is -4.81. The molecule has 0 unspecified atom stereocenters. The molecule has 11 heteroatoms. The number of aryl methyl sites for hydroxylation is 1. The molecule has 4 aromatic rings. The maximum atomic E-state index is 12.8. The Morgan fingerprint density at radius 1 is 0.947 bits per heavy atom. The van der Waals surface area contributed by atoms with Crippen molar-refractivity contribution in [2.45, 2.75) is 19.9 Å². The first-order valence-corrected chi connectivity index (χ1v) is 12.0. The van der Waals surface area contributed by atoms with E-state index in [-0.39, 0.29) is 12.4 Å². The zero-order chi connectivity index (χ0) is 27.3. The summed E-state index contributed by atoms with van der Waals surface area (Å²) in [5.74, 6) is 0.198. The van der Waals surface area contributed by atoms with Crippen LogP contribution in [0.1, 0.15) is 10.6 Å². The van der Waals surface area contributed by atoms with Gasteiger partial charge in [-0.1, -0.05) is 12.1 Å². The van der Waals surface area contributed by atoms with Crippen molar-refractivity contribution in [2.24, 2.45) is 0 Å². The van der Waals surface area contributed by atoms with Crippen LogP contribution in [0.25, 0.3) is 21.7 Å². The molecule has 0 bridgehead atoms. The second kappa shape index (κ2) is 11.4. The number of rotatable bonds is 10. The quantitative estimate of drug-likeness (QED) is 0.236. The molecular weight excluding hydrogens is 523 g/mol. The third-order valence-electron chi connectivity index (χ3n) is 5.22. The van der Waals surface area contributed by atoms with Crippen LogP contribution in [-0.4, -0.2) is 36.1 Å². The van der Waals surface area contributed by atoms with Crippen molar-refractivity contribution in [1.82, 2.24) is 4.98 Å². The van der Waals surface area contributed by atoms with Crippen molar-refractivity contribution < 1.29 is 42.0 Å². The summed E-state index contributed by atoms with van der Waals surface area (Å²) in [6, 6.07) is 17.9. The minimum absolute atomic E-state index is 0.0985. The number of alkyl halides is 3. The lowest BCUT2D eigenvalue weighted by molar-refractivity contribution is -0.274. The van der Waals surface area contributed by atoms with Crippen LogP contribution in [0, 0.1) is 6.92 Å². The van der Waals surface area contributed by atoms with Crippen molar-refractivity contribution in [1.29, 1.82) is 0 Å². The fraction of sp³-hybridized carbons (Fsp3) is 0.185. The number of aliphatic carboxylic acids is 1. The zero-order valence-corrected chi connectivity index (χ0v) is 21.1. The van der Waals surface area contributed by atoms with Crippen molar-refractivity contribution in [3.05, 3.63) is 77.3 Å².